The fraction of sp³-hybridized carbons (Fsp3) is 0.435. The van der Waals surface area contributed by atoms with Crippen molar-refractivity contribution in [3.63, 3.8) is 0 Å². The van der Waals surface area contributed by atoms with Crippen molar-refractivity contribution >= 4 is 29.2 Å². The summed E-state index contributed by atoms with van der Waals surface area (Å²) in [6, 6.07) is 3.57. The number of hydrogen-bond donors (Lipinski definition) is 1. The largest absolute Gasteiger partial charge is 0.443 e. The van der Waals surface area contributed by atoms with Crippen LogP contribution < -0.4 is 4.72 Å². The number of nitrogens with zero attached hydrogens (tertiary/aromatic N) is 3. The van der Waals surface area contributed by atoms with E-state index in [-0.39, 0.29) is 11.2 Å². The monoisotopic (exact) mass is 502 g/mol. The summed E-state index contributed by atoms with van der Waals surface area (Å²) in [5.41, 5.74) is -0.294. The molecule has 6 nitrogen and oxygen atoms in total. The van der Waals surface area contributed by atoms with Gasteiger partial charge in [0, 0.05) is 11.1 Å². The van der Waals surface area contributed by atoms with E-state index in [2.05, 4.69) is 14.7 Å². The van der Waals surface area contributed by atoms with Crippen molar-refractivity contribution in [1.82, 2.24) is 19.3 Å². The topological polar surface area (TPSA) is 69.0 Å². The summed E-state index contributed by atoms with van der Waals surface area (Å²) in [4.78, 5) is 20.8. The molecule has 1 atom stereocenters. The first-order valence-corrected chi connectivity index (χ1v) is 11.6. The molecule has 0 spiro atoms. The van der Waals surface area contributed by atoms with Gasteiger partial charge in [0.25, 0.3) is 0 Å². The van der Waals surface area contributed by atoms with Gasteiger partial charge in [-0.25, -0.2) is 28.4 Å². The van der Waals surface area contributed by atoms with E-state index in [9.17, 15) is 22.4 Å². The lowest BCUT2D eigenvalue weighted by atomic mass is 10.1. The molecule has 2 aromatic heterocycles. The highest BCUT2D eigenvalue weighted by Gasteiger charge is 2.41. The molecule has 3 rings (SSSR count). The number of alkyl halides is 3. The number of hydrogen-bond acceptors (Lipinski definition) is 6. The summed E-state index contributed by atoms with van der Waals surface area (Å²) in [5.74, 6) is -0.623. The van der Waals surface area contributed by atoms with Gasteiger partial charge in [-0.3, -0.25) is 0 Å². The summed E-state index contributed by atoms with van der Waals surface area (Å²) in [6.07, 6.45) is -2.70. The van der Waals surface area contributed by atoms with Gasteiger partial charge in [0.1, 0.15) is 29.3 Å². The molecule has 0 aliphatic heterocycles. The molecule has 1 N–H and O–H groups in total. The Bertz CT molecular complexity index is 1050. The Morgan fingerprint density at radius 1 is 1.06 bits per heavy atom. The SMILES string of the molecule is CC.CC.CC(C)(C)OC(=O)n1cnc2cc(SNC(c3ccc(F)cc3)C(F)(F)F)cnc21. The van der Waals surface area contributed by atoms with Crippen molar-refractivity contribution in [1.29, 1.82) is 0 Å². The second kappa shape index (κ2) is 12.7. The molecule has 1 aromatic carbocycles. The number of fused-ring (bicyclic) bond motifs is 1. The van der Waals surface area contributed by atoms with Crippen molar-refractivity contribution in [2.75, 3.05) is 0 Å². The van der Waals surface area contributed by atoms with Gasteiger partial charge in [-0.15, -0.1) is 0 Å². The number of carbonyl (C=O) groups is 1. The second-order valence-corrected chi connectivity index (χ2v) is 8.27. The second-order valence-electron chi connectivity index (χ2n) is 7.35. The van der Waals surface area contributed by atoms with Crippen LogP contribution in [0.5, 0.6) is 0 Å². The van der Waals surface area contributed by atoms with Crippen molar-refractivity contribution in [3.05, 3.63) is 54.2 Å². The fourth-order valence-corrected chi connectivity index (χ4v) is 3.29. The zero-order valence-corrected chi connectivity index (χ0v) is 21.0. The Morgan fingerprint density at radius 3 is 2.18 bits per heavy atom. The van der Waals surface area contributed by atoms with E-state index in [1.54, 1.807) is 20.8 Å². The van der Waals surface area contributed by atoms with Gasteiger partial charge in [0.15, 0.2) is 5.65 Å². The van der Waals surface area contributed by atoms with Crippen LogP contribution in [0.2, 0.25) is 0 Å². The van der Waals surface area contributed by atoms with E-state index in [1.165, 1.54) is 18.6 Å². The predicted molar refractivity (Wildman–Crippen MR) is 126 cm³/mol. The van der Waals surface area contributed by atoms with Crippen molar-refractivity contribution in [3.8, 4) is 0 Å². The van der Waals surface area contributed by atoms with Gasteiger partial charge < -0.3 is 4.74 Å². The van der Waals surface area contributed by atoms with E-state index in [0.717, 1.165) is 28.8 Å². The minimum atomic E-state index is -4.60. The van der Waals surface area contributed by atoms with Gasteiger partial charge in [0.2, 0.25) is 0 Å². The first-order valence-electron chi connectivity index (χ1n) is 10.7. The molecule has 0 radical (unpaired) electrons. The van der Waals surface area contributed by atoms with Crippen LogP contribution in [0.3, 0.4) is 0 Å². The highest BCUT2D eigenvalue weighted by molar-refractivity contribution is 7.97. The Balaban J connectivity index is 0.00000137. The number of aromatic nitrogens is 3. The molecule has 0 aliphatic rings. The summed E-state index contributed by atoms with van der Waals surface area (Å²) in [6.45, 7) is 13.2. The molecule has 11 heteroatoms. The third kappa shape index (κ3) is 8.28. The maximum atomic E-state index is 13.4. The minimum absolute atomic E-state index is 0.125. The Labute approximate surface area is 201 Å². The molecule has 1 unspecified atom stereocenters. The van der Waals surface area contributed by atoms with Crippen molar-refractivity contribution < 1.29 is 27.1 Å². The zero-order valence-electron chi connectivity index (χ0n) is 20.2. The van der Waals surface area contributed by atoms with Crippen LogP contribution in [-0.4, -0.2) is 32.4 Å². The average molecular weight is 503 g/mol. The van der Waals surface area contributed by atoms with E-state index >= 15 is 0 Å². The van der Waals surface area contributed by atoms with E-state index in [4.69, 9.17) is 4.74 Å². The highest BCUT2D eigenvalue weighted by Crippen LogP contribution is 2.35. The lowest BCUT2D eigenvalue weighted by Gasteiger charge is -2.21. The van der Waals surface area contributed by atoms with E-state index in [0.29, 0.717) is 22.4 Å². The number of rotatable bonds is 4. The van der Waals surface area contributed by atoms with E-state index in [1.807, 2.05) is 27.7 Å². The van der Waals surface area contributed by atoms with Crippen LogP contribution in [0.1, 0.15) is 60.1 Å². The first-order chi connectivity index (χ1) is 15.9. The molecule has 3 aromatic rings. The molecule has 0 saturated heterocycles. The van der Waals surface area contributed by atoms with Gasteiger partial charge in [-0.2, -0.15) is 13.2 Å². The maximum Gasteiger partial charge on any atom is 0.421 e. The summed E-state index contributed by atoms with van der Waals surface area (Å²) < 4.78 is 62.1. The zero-order chi connectivity index (χ0) is 26.1. The number of ether oxygens (including phenoxy) is 1. The normalized spacial score (nSPS) is 12.2. The van der Waals surface area contributed by atoms with Crippen molar-refractivity contribution in [2.45, 2.75) is 71.2 Å². The first kappa shape index (κ1) is 29.4. The van der Waals surface area contributed by atoms with Crippen LogP contribution in [0, 0.1) is 5.82 Å². The number of nitrogens with one attached hydrogen (secondary N) is 1. The Morgan fingerprint density at radius 2 is 1.65 bits per heavy atom. The van der Waals surface area contributed by atoms with Crippen LogP contribution in [0.15, 0.2) is 47.8 Å². The smallest absolute Gasteiger partial charge is 0.421 e. The number of halogens is 4. The molecule has 34 heavy (non-hydrogen) atoms. The van der Waals surface area contributed by atoms with Crippen molar-refractivity contribution in [2.24, 2.45) is 0 Å². The Kier molecular flexibility index (Phi) is 11.0. The summed E-state index contributed by atoms with van der Waals surface area (Å²) >= 11 is 0.705. The number of pyridine rings is 1. The van der Waals surface area contributed by atoms with Crippen LogP contribution in [0.25, 0.3) is 11.2 Å². The summed E-state index contributed by atoms with van der Waals surface area (Å²) in [5, 5.41) is 0. The molecule has 0 fully saturated rings. The molecular formula is C23H30F4N4O2S. The highest BCUT2D eigenvalue weighted by atomic mass is 32.2. The van der Waals surface area contributed by atoms with Crippen LogP contribution in [0.4, 0.5) is 22.4 Å². The molecular weight excluding hydrogens is 472 g/mol. The lowest BCUT2D eigenvalue weighted by molar-refractivity contribution is -0.152. The molecule has 0 saturated carbocycles. The summed E-state index contributed by atoms with van der Waals surface area (Å²) in [7, 11) is 0. The van der Waals surface area contributed by atoms with Crippen LogP contribution in [-0.2, 0) is 4.74 Å². The molecule has 188 valence electrons. The Hall–Kier alpha value is -2.66. The van der Waals surface area contributed by atoms with Gasteiger partial charge in [-0.05, 0) is 56.5 Å². The fourth-order valence-electron chi connectivity index (χ4n) is 2.49. The molecule has 0 aliphatic carbocycles. The van der Waals surface area contributed by atoms with Gasteiger partial charge >= 0.3 is 12.3 Å². The quantitative estimate of drug-likeness (QED) is 0.298. The average Bonchev–Trinajstić information content (AvgIpc) is 3.19. The number of imidazole rings is 1. The third-order valence-corrected chi connectivity index (χ3v) is 4.59. The maximum absolute atomic E-state index is 13.4. The molecule has 0 bridgehead atoms. The molecule has 0 amide bonds. The lowest BCUT2D eigenvalue weighted by Crippen LogP contribution is -2.30. The predicted octanol–water partition coefficient (Wildman–Crippen LogP) is 7.31. The number of benzene rings is 1. The standard InChI is InChI=1S/C19H18F4N4O2S.2C2H6/c1-18(2,3)29-17(28)27-10-25-14-8-13(9-24-16(14)27)30-26-15(19(21,22)23)11-4-6-12(20)7-5-11;2*1-2/h4-10,15,26H,1-3H3;2*1-2H3. The minimum Gasteiger partial charge on any atom is -0.443 e. The molecule has 2 heterocycles. The van der Waals surface area contributed by atoms with Gasteiger partial charge in [-0.1, -0.05) is 39.8 Å². The van der Waals surface area contributed by atoms with Gasteiger partial charge in [0.05, 0.1) is 0 Å². The number of carbonyl (C=O) groups excluding carboxylic acids is 1. The third-order valence-electron chi connectivity index (χ3n) is 3.78. The van der Waals surface area contributed by atoms with E-state index < -0.39 is 29.7 Å². The van der Waals surface area contributed by atoms with Crippen LogP contribution >= 0.6 is 11.9 Å².